The van der Waals surface area contributed by atoms with Crippen molar-refractivity contribution in [2.45, 2.75) is 19.9 Å². The molecular weight excluding hydrogens is 270 g/mol. The Morgan fingerprint density at radius 2 is 1.95 bits per heavy atom. The Balaban J connectivity index is 1.73. The van der Waals surface area contributed by atoms with Crippen LogP contribution in [-0.2, 0) is 0 Å². The lowest BCUT2D eigenvalue weighted by Gasteiger charge is -2.43. The lowest BCUT2D eigenvalue weighted by Crippen LogP contribution is -2.56. The molecule has 0 aliphatic carbocycles. The predicted octanol–water partition coefficient (Wildman–Crippen LogP) is 3.17. The van der Waals surface area contributed by atoms with Crippen molar-refractivity contribution in [3.05, 3.63) is 47.5 Å². The highest BCUT2D eigenvalue weighted by molar-refractivity contribution is 5.81. The molecule has 1 fully saturated rings. The van der Waals surface area contributed by atoms with E-state index in [0.717, 1.165) is 26.2 Å². The molecule has 1 unspecified atom stereocenters. The first kappa shape index (κ1) is 13.6. The predicted molar refractivity (Wildman–Crippen MR) is 93.8 cm³/mol. The third kappa shape index (κ3) is 2.26. The summed E-state index contributed by atoms with van der Waals surface area (Å²) in [7, 11) is 0. The van der Waals surface area contributed by atoms with Crippen molar-refractivity contribution in [2.75, 3.05) is 36.4 Å². The van der Waals surface area contributed by atoms with Crippen molar-refractivity contribution in [3.63, 3.8) is 0 Å². The van der Waals surface area contributed by atoms with Crippen LogP contribution in [0.4, 0.5) is 11.4 Å². The Labute approximate surface area is 132 Å². The zero-order chi connectivity index (χ0) is 15.1. The van der Waals surface area contributed by atoms with Crippen molar-refractivity contribution in [1.29, 1.82) is 0 Å². The molecule has 0 spiro atoms. The maximum Gasteiger partial charge on any atom is 0.0606 e. The van der Waals surface area contributed by atoms with Crippen LogP contribution in [0.5, 0.6) is 0 Å². The van der Waals surface area contributed by atoms with Crippen molar-refractivity contribution in [3.8, 4) is 11.1 Å². The molecule has 0 aromatic heterocycles. The summed E-state index contributed by atoms with van der Waals surface area (Å²) in [6.45, 7) is 8.62. The Morgan fingerprint density at radius 3 is 2.82 bits per heavy atom. The first-order valence-corrected chi connectivity index (χ1v) is 8.15. The lowest BCUT2D eigenvalue weighted by molar-refractivity contribution is 0.482. The molecule has 114 valence electrons. The summed E-state index contributed by atoms with van der Waals surface area (Å²) in [4.78, 5) is 2.55. The van der Waals surface area contributed by atoms with Crippen LogP contribution in [0.15, 0.2) is 36.4 Å². The average molecular weight is 293 g/mol. The van der Waals surface area contributed by atoms with Crippen molar-refractivity contribution in [2.24, 2.45) is 0 Å². The largest absolute Gasteiger partial charge is 0.381 e. The number of piperazine rings is 1. The fourth-order valence-corrected chi connectivity index (χ4v) is 3.72. The van der Waals surface area contributed by atoms with Gasteiger partial charge in [0.25, 0.3) is 0 Å². The van der Waals surface area contributed by atoms with E-state index in [2.05, 4.69) is 65.8 Å². The molecule has 0 amide bonds. The molecule has 2 aliphatic rings. The van der Waals surface area contributed by atoms with E-state index in [4.69, 9.17) is 0 Å². The van der Waals surface area contributed by atoms with Gasteiger partial charge >= 0.3 is 0 Å². The van der Waals surface area contributed by atoms with E-state index >= 15 is 0 Å². The Hall–Kier alpha value is -2.00. The zero-order valence-electron chi connectivity index (χ0n) is 13.3. The molecule has 2 aromatic carbocycles. The van der Waals surface area contributed by atoms with Gasteiger partial charge in [-0.15, -0.1) is 0 Å². The summed E-state index contributed by atoms with van der Waals surface area (Å²) in [6.07, 6.45) is 0. The summed E-state index contributed by atoms with van der Waals surface area (Å²) >= 11 is 0. The number of nitrogens with one attached hydrogen (secondary N) is 2. The van der Waals surface area contributed by atoms with Crippen molar-refractivity contribution < 1.29 is 0 Å². The second kappa shape index (κ2) is 5.33. The molecule has 0 saturated carbocycles. The number of rotatable bonds is 1. The highest BCUT2D eigenvalue weighted by Gasteiger charge is 2.28. The smallest absolute Gasteiger partial charge is 0.0606 e. The summed E-state index contributed by atoms with van der Waals surface area (Å²) in [5.41, 5.74) is 7.92. The van der Waals surface area contributed by atoms with Crippen molar-refractivity contribution in [1.82, 2.24) is 5.32 Å². The van der Waals surface area contributed by atoms with Crippen LogP contribution < -0.4 is 15.5 Å². The van der Waals surface area contributed by atoms with Crippen LogP contribution in [0.2, 0.25) is 0 Å². The van der Waals surface area contributed by atoms with Crippen LogP contribution in [0, 0.1) is 13.8 Å². The number of hydrogen-bond acceptors (Lipinski definition) is 3. The maximum absolute atomic E-state index is 3.62. The van der Waals surface area contributed by atoms with Gasteiger partial charge in [-0.3, -0.25) is 0 Å². The summed E-state index contributed by atoms with van der Waals surface area (Å²) in [6, 6.07) is 14.1. The molecule has 3 heteroatoms. The van der Waals surface area contributed by atoms with Gasteiger partial charge < -0.3 is 15.5 Å². The van der Waals surface area contributed by atoms with Gasteiger partial charge in [0.1, 0.15) is 0 Å². The fourth-order valence-electron chi connectivity index (χ4n) is 3.72. The molecular formula is C19H23N3. The molecule has 1 saturated heterocycles. The minimum absolute atomic E-state index is 0.577. The zero-order valence-corrected chi connectivity index (χ0v) is 13.3. The van der Waals surface area contributed by atoms with E-state index in [1.807, 2.05) is 0 Å². The van der Waals surface area contributed by atoms with Gasteiger partial charge in [0.05, 0.1) is 17.4 Å². The number of fused-ring (bicyclic) bond motifs is 3. The lowest BCUT2D eigenvalue weighted by atomic mass is 9.96. The topological polar surface area (TPSA) is 27.3 Å². The van der Waals surface area contributed by atoms with Gasteiger partial charge in [0, 0.05) is 26.2 Å². The van der Waals surface area contributed by atoms with Gasteiger partial charge in [0.2, 0.25) is 0 Å². The minimum atomic E-state index is 0.577. The standard InChI is InChI=1S/C19H23N3/c1-13-3-5-17(14(2)9-13)15-4-6-19-18(10-15)21-12-16-11-20-7-8-22(16)19/h3-6,9-10,16,20-21H,7-8,11-12H2,1-2H3. The molecule has 0 bridgehead atoms. The van der Waals surface area contributed by atoms with Gasteiger partial charge in [-0.2, -0.15) is 0 Å². The number of anilines is 2. The molecule has 2 N–H and O–H groups in total. The molecule has 2 aliphatic heterocycles. The molecule has 22 heavy (non-hydrogen) atoms. The first-order chi connectivity index (χ1) is 10.7. The van der Waals surface area contributed by atoms with Gasteiger partial charge in [-0.25, -0.2) is 0 Å². The van der Waals surface area contributed by atoms with E-state index in [9.17, 15) is 0 Å². The first-order valence-electron chi connectivity index (χ1n) is 8.15. The monoisotopic (exact) mass is 293 g/mol. The van der Waals surface area contributed by atoms with Crippen LogP contribution in [0.25, 0.3) is 11.1 Å². The summed E-state index contributed by atoms with van der Waals surface area (Å²) in [5.74, 6) is 0. The molecule has 4 rings (SSSR count). The van der Waals surface area contributed by atoms with Crippen molar-refractivity contribution >= 4 is 11.4 Å². The normalized spacial score (nSPS) is 20.1. The molecule has 0 radical (unpaired) electrons. The third-order valence-electron chi connectivity index (χ3n) is 4.88. The van der Waals surface area contributed by atoms with Gasteiger partial charge in [0.15, 0.2) is 0 Å². The number of benzene rings is 2. The average Bonchev–Trinajstić information content (AvgIpc) is 2.54. The number of hydrogen-bond donors (Lipinski definition) is 2. The second-order valence-corrected chi connectivity index (χ2v) is 6.48. The van der Waals surface area contributed by atoms with Crippen LogP contribution >= 0.6 is 0 Å². The van der Waals surface area contributed by atoms with Crippen LogP contribution in [0.3, 0.4) is 0 Å². The SMILES string of the molecule is Cc1ccc(-c2ccc3c(c2)NCC2CNCCN32)c(C)c1. The van der Waals surface area contributed by atoms with Gasteiger partial charge in [-0.1, -0.05) is 29.8 Å². The van der Waals surface area contributed by atoms with Gasteiger partial charge in [-0.05, 0) is 42.7 Å². The third-order valence-corrected chi connectivity index (χ3v) is 4.88. The highest BCUT2D eigenvalue weighted by Crippen LogP contribution is 2.36. The Kier molecular flexibility index (Phi) is 3.30. The minimum Gasteiger partial charge on any atom is -0.381 e. The van der Waals surface area contributed by atoms with E-state index in [0.29, 0.717) is 6.04 Å². The van der Waals surface area contributed by atoms with E-state index in [1.54, 1.807) is 0 Å². The van der Waals surface area contributed by atoms with Crippen LogP contribution in [0.1, 0.15) is 11.1 Å². The quantitative estimate of drug-likeness (QED) is 0.845. The highest BCUT2D eigenvalue weighted by atomic mass is 15.3. The molecule has 2 heterocycles. The van der Waals surface area contributed by atoms with E-state index in [1.165, 1.54) is 33.6 Å². The summed E-state index contributed by atoms with van der Waals surface area (Å²) in [5, 5.41) is 7.10. The maximum atomic E-state index is 3.62. The number of nitrogens with zero attached hydrogens (tertiary/aromatic N) is 1. The van der Waals surface area contributed by atoms with E-state index < -0.39 is 0 Å². The Morgan fingerprint density at radius 1 is 1.05 bits per heavy atom. The Bertz CT molecular complexity index is 708. The second-order valence-electron chi connectivity index (χ2n) is 6.48. The van der Waals surface area contributed by atoms with Crippen LogP contribution in [-0.4, -0.2) is 32.2 Å². The molecule has 3 nitrogen and oxygen atoms in total. The molecule has 1 atom stereocenters. The van der Waals surface area contributed by atoms with E-state index in [-0.39, 0.29) is 0 Å². The fraction of sp³-hybridized carbons (Fsp3) is 0.368. The molecule has 2 aromatic rings. The number of aryl methyl sites for hydroxylation is 2. The summed E-state index contributed by atoms with van der Waals surface area (Å²) < 4.78 is 0.